The van der Waals surface area contributed by atoms with Crippen molar-refractivity contribution in [3.05, 3.63) is 81.8 Å². The predicted molar refractivity (Wildman–Crippen MR) is 117 cm³/mol. The molecule has 1 fully saturated rings. The maximum absolute atomic E-state index is 5.76. The Labute approximate surface area is 173 Å². The topological polar surface area (TPSA) is 33.1 Å². The van der Waals surface area contributed by atoms with E-state index in [0.717, 1.165) is 21.0 Å². The third-order valence-electron chi connectivity index (χ3n) is 5.34. The van der Waals surface area contributed by atoms with Crippen LogP contribution in [0.2, 0.25) is 0 Å². The van der Waals surface area contributed by atoms with Gasteiger partial charge >= 0.3 is 0 Å². The van der Waals surface area contributed by atoms with E-state index < -0.39 is 0 Å². The van der Waals surface area contributed by atoms with Crippen molar-refractivity contribution < 1.29 is 0 Å². The molecule has 0 radical (unpaired) electrons. The van der Waals surface area contributed by atoms with Gasteiger partial charge in [0.1, 0.15) is 0 Å². The smallest absolute Gasteiger partial charge is 0.174 e. The highest BCUT2D eigenvalue weighted by atomic mass is 79.9. The molecule has 3 aromatic rings. The van der Waals surface area contributed by atoms with Crippen LogP contribution >= 0.6 is 28.1 Å². The summed E-state index contributed by atoms with van der Waals surface area (Å²) in [5.74, 6) is 0. The molecule has 2 atom stereocenters. The molecule has 4 nitrogen and oxygen atoms in total. The van der Waals surface area contributed by atoms with E-state index in [1.54, 1.807) is 0 Å². The number of thiocarbonyl (C=S) groups is 1. The van der Waals surface area contributed by atoms with Crippen molar-refractivity contribution in [1.29, 1.82) is 0 Å². The van der Waals surface area contributed by atoms with Gasteiger partial charge in [-0.2, -0.15) is 0 Å². The third-order valence-corrected chi connectivity index (χ3v) is 6.18. The van der Waals surface area contributed by atoms with Gasteiger partial charge in [0.05, 0.1) is 17.8 Å². The minimum atomic E-state index is -0.0113. The van der Waals surface area contributed by atoms with Crippen molar-refractivity contribution in [2.24, 2.45) is 7.05 Å². The normalized spacial score (nSPS) is 19.4. The van der Waals surface area contributed by atoms with Crippen LogP contribution in [-0.2, 0) is 7.05 Å². The zero-order valence-electron chi connectivity index (χ0n) is 15.5. The van der Waals surface area contributed by atoms with Gasteiger partial charge in [0.15, 0.2) is 5.11 Å². The largest absolute Gasteiger partial charge is 0.352 e. The number of hydrogen-bond donors (Lipinski definition) is 1. The molecular weight excluding hydrogens is 420 g/mol. The Morgan fingerprint density at radius 3 is 2.44 bits per heavy atom. The molecule has 6 heteroatoms. The number of pyridine rings is 1. The summed E-state index contributed by atoms with van der Waals surface area (Å²) in [5.41, 5.74) is 5.80. The Hall–Kier alpha value is -2.18. The SMILES string of the molecule is Cc1cc([C@H]2[C@H](c3ccccn3)NC(=S)N2c2ccc(Br)cc2)c(C)n1C. The summed E-state index contributed by atoms with van der Waals surface area (Å²) in [5, 5.41) is 4.23. The predicted octanol–water partition coefficient (Wildman–Crippen LogP) is 4.98. The summed E-state index contributed by atoms with van der Waals surface area (Å²) in [6, 6.07) is 16.6. The molecule has 2 aromatic heterocycles. The first-order chi connectivity index (χ1) is 13.0. The van der Waals surface area contributed by atoms with Crippen LogP contribution in [0.1, 0.15) is 34.7 Å². The first-order valence-electron chi connectivity index (χ1n) is 8.86. The Morgan fingerprint density at radius 1 is 1.11 bits per heavy atom. The van der Waals surface area contributed by atoms with Crippen LogP contribution in [0.25, 0.3) is 0 Å². The van der Waals surface area contributed by atoms with E-state index in [1.807, 2.05) is 30.5 Å². The van der Waals surface area contributed by atoms with E-state index in [0.29, 0.717) is 0 Å². The van der Waals surface area contributed by atoms with Crippen molar-refractivity contribution in [3.8, 4) is 0 Å². The van der Waals surface area contributed by atoms with Crippen molar-refractivity contribution >= 4 is 38.9 Å². The van der Waals surface area contributed by atoms with E-state index in [-0.39, 0.29) is 12.1 Å². The van der Waals surface area contributed by atoms with Gasteiger partial charge in [-0.1, -0.05) is 22.0 Å². The third kappa shape index (κ3) is 3.17. The second-order valence-corrected chi connectivity index (χ2v) is 8.16. The molecule has 3 heterocycles. The van der Waals surface area contributed by atoms with Crippen molar-refractivity contribution in [2.45, 2.75) is 25.9 Å². The summed E-state index contributed by atoms with van der Waals surface area (Å²) < 4.78 is 3.28. The highest BCUT2D eigenvalue weighted by Crippen LogP contribution is 2.43. The number of anilines is 1. The first-order valence-corrected chi connectivity index (χ1v) is 10.1. The molecule has 0 unspecified atom stereocenters. The molecule has 4 rings (SSSR count). The van der Waals surface area contributed by atoms with Gasteiger partial charge in [-0.15, -0.1) is 0 Å². The number of nitrogens with one attached hydrogen (secondary N) is 1. The summed E-state index contributed by atoms with van der Waals surface area (Å²) in [6.45, 7) is 4.30. The minimum Gasteiger partial charge on any atom is -0.352 e. The van der Waals surface area contributed by atoms with Gasteiger partial charge in [-0.25, -0.2) is 0 Å². The lowest BCUT2D eigenvalue weighted by molar-refractivity contribution is 0.564. The van der Waals surface area contributed by atoms with E-state index in [1.165, 1.54) is 17.0 Å². The summed E-state index contributed by atoms with van der Waals surface area (Å²) in [4.78, 5) is 6.82. The van der Waals surface area contributed by atoms with E-state index in [9.17, 15) is 0 Å². The number of aryl methyl sites for hydroxylation is 1. The van der Waals surface area contributed by atoms with Gasteiger partial charge in [-0.3, -0.25) is 4.98 Å². The lowest BCUT2D eigenvalue weighted by atomic mass is 9.96. The van der Waals surface area contributed by atoms with Crippen LogP contribution in [0, 0.1) is 13.8 Å². The molecule has 1 aromatic carbocycles. The number of rotatable bonds is 3. The first kappa shape index (κ1) is 18.2. The van der Waals surface area contributed by atoms with Gasteiger partial charge < -0.3 is 14.8 Å². The molecular formula is C21H21BrN4S. The van der Waals surface area contributed by atoms with Crippen LogP contribution in [0.3, 0.4) is 0 Å². The van der Waals surface area contributed by atoms with Gasteiger partial charge in [-0.05, 0) is 74.1 Å². The fourth-order valence-electron chi connectivity index (χ4n) is 3.73. The number of halogens is 1. The van der Waals surface area contributed by atoms with Crippen LogP contribution < -0.4 is 10.2 Å². The number of nitrogens with zero attached hydrogens (tertiary/aromatic N) is 3. The molecule has 27 heavy (non-hydrogen) atoms. The maximum atomic E-state index is 5.76. The number of benzene rings is 1. The zero-order valence-corrected chi connectivity index (χ0v) is 17.9. The Bertz CT molecular complexity index is 981. The van der Waals surface area contributed by atoms with Crippen LogP contribution in [0.15, 0.2) is 59.2 Å². The van der Waals surface area contributed by atoms with Gasteiger partial charge in [0, 0.05) is 34.8 Å². The standard InChI is InChI=1S/C21H21BrN4S/c1-13-12-17(14(2)25(13)3)20-19(18-6-4-5-11-23-18)24-21(27)26(20)16-9-7-15(22)8-10-16/h4-12,19-20H,1-3H3,(H,24,27)/t19-,20-/m0/s1. The highest BCUT2D eigenvalue weighted by Gasteiger charge is 2.42. The fourth-order valence-corrected chi connectivity index (χ4v) is 4.34. The van der Waals surface area contributed by atoms with Crippen LogP contribution in [0.4, 0.5) is 5.69 Å². The molecule has 0 spiro atoms. The fraction of sp³-hybridized carbons (Fsp3) is 0.238. The Morgan fingerprint density at radius 2 is 1.85 bits per heavy atom. The quantitative estimate of drug-likeness (QED) is 0.582. The molecule has 0 bridgehead atoms. The molecule has 0 aliphatic carbocycles. The van der Waals surface area contributed by atoms with Crippen molar-refractivity contribution in [2.75, 3.05) is 4.90 Å². The average Bonchev–Trinajstić information content (AvgIpc) is 3.14. The van der Waals surface area contributed by atoms with E-state index in [2.05, 4.69) is 80.9 Å². The Kier molecular flexibility index (Phi) is 4.78. The number of aromatic nitrogens is 2. The van der Waals surface area contributed by atoms with E-state index >= 15 is 0 Å². The second-order valence-electron chi connectivity index (χ2n) is 6.86. The summed E-state index contributed by atoms with van der Waals surface area (Å²) in [6.07, 6.45) is 1.84. The van der Waals surface area contributed by atoms with Crippen LogP contribution in [0.5, 0.6) is 0 Å². The summed E-state index contributed by atoms with van der Waals surface area (Å²) in [7, 11) is 2.11. The van der Waals surface area contributed by atoms with Crippen molar-refractivity contribution in [1.82, 2.24) is 14.9 Å². The average molecular weight is 441 g/mol. The molecule has 1 N–H and O–H groups in total. The van der Waals surface area contributed by atoms with Gasteiger partial charge in [0.25, 0.3) is 0 Å². The molecule has 0 amide bonds. The Balaban J connectivity index is 1.87. The molecule has 1 aliphatic rings. The van der Waals surface area contributed by atoms with E-state index in [4.69, 9.17) is 12.2 Å². The second kappa shape index (κ2) is 7.09. The monoisotopic (exact) mass is 440 g/mol. The maximum Gasteiger partial charge on any atom is 0.174 e. The zero-order chi connectivity index (χ0) is 19.1. The van der Waals surface area contributed by atoms with Crippen LogP contribution in [-0.4, -0.2) is 14.7 Å². The lowest BCUT2D eigenvalue weighted by Gasteiger charge is -2.28. The number of hydrogen-bond acceptors (Lipinski definition) is 2. The molecule has 1 aliphatic heterocycles. The minimum absolute atomic E-state index is 0.0113. The van der Waals surface area contributed by atoms with Crippen molar-refractivity contribution in [3.63, 3.8) is 0 Å². The lowest BCUT2D eigenvalue weighted by Crippen LogP contribution is -2.29. The molecule has 138 valence electrons. The highest BCUT2D eigenvalue weighted by molar-refractivity contribution is 9.10. The van der Waals surface area contributed by atoms with Gasteiger partial charge in [0.2, 0.25) is 0 Å². The molecule has 0 saturated carbocycles. The summed E-state index contributed by atoms with van der Waals surface area (Å²) >= 11 is 9.28. The molecule has 1 saturated heterocycles.